The van der Waals surface area contributed by atoms with Crippen molar-refractivity contribution in [2.75, 3.05) is 13.7 Å². The molecule has 0 aliphatic carbocycles. The second-order valence-corrected chi connectivity index (χ2v) is 5.63. The maximum absolute atomic E-state index is 12.3. The Kier molecular flexibility index (Phi) is 4.59. The quantitative estimate of drug-likeness (QED) is 0.632. The summed E-state index contributed by atoms with van der Waals surface area (Å²) >= 11 is -0.131. The molecule has 1 fully saturated rings. The zero-order chi connectivity index (χ0) is 14.8. The molecule has 1 atom stereocenters. The first-order valence-electron chi connectivity index (χ1n) is 6.05. The highest BCUT2D eigenvalue weighted by atomic mass is 32.2. The molecule has 0 spiro atoms. The molecular weight excluding hydrogens is 291 g/mol. The molecule has 0 aromatic heterocycles. The van der Waals surface area contributed by atoms with Crippen molar-refractivity contribution >= 4 is 17.7 Å². The van der Waals surface area contributed by atoms with Crippen molar-refractivity contribution < 1.29 is 22.7 Å². The molecule has 1 saturated heterocycles. The van der Waals surface area contributed by atoms with Crippen LogP contribution < -0.4 is 0 Å². The van der Waals surface area contributed by atoms with Gasteiger partial charge in [0, 0.05) is 18.0 Å². The number of nitrogens with zero attached hydrogens (tertiary/aromatic N) is 1. The van der Waals surface area contributed by atoms with Gasteiger partial charge in [0.05, 0.1) is 7.11 Å². The number of ether oxygens (including phenoxy) is 1. The molecule has 0 unspecified atom stereocenters. The first kappa shape index (κ1) is 15.2. The van der Waals surface area contributed by atoms with Crippen LogP contribution in [0, 0.1) is 0 Å². The number of esters is 1. The number of halogens is 3. The third kappa shape index (κ3) is 3.89. The summed E-state index contributed by atoms with van der Waals surface area (Å²) in [6, 6.07) is 6.00. The number of rotatable bonds is 4. The summed E-state index contributed by atoms with van der Waals surface area (Å²) in [5.74, 6) is -0.294. The Labute approximate surface area is 119 Å². The largest absolute Gasteiger partial charge is 0.468 e. The minimum absolute atomic E-state index is 0.131. The van der Waals surface area contributed by atoms with Crippen molar-refractivity contribution in [1.29, 1.82) is 0 Å². The highest BCUT2D eigenvalue weighted by Crippen LogP contribution is 2.37. The van der Waals surface area contributed by atoms with Crippen molar-refractivity contribution in [2.45, 2.75) is 29.4 Å². The number of hydrogen-bond donors (Lipinski definition) is 0. The Bertz CT molecular complexity index is 493. The van der Waals surface area contributed by atoms with E-state index in [0.717, 1.165) is 18.5 Å². The Morgan fingerprint density at radius 2 is 2.25 bits per heavy atom. The van der Waals surface area contributed by atoms with Crippen LogP contribution in [-0.2, 0) is 16.1 Å². The molecule has 0 bridgehead atoms. The predicted molar refractivity (Wildman–Crippen MR) is 69.2 cm³/mol. The van der Waals surface area contributed by atoms with Crippen LogP contribution in [0.1, 0.15) is 12.0 Å². The van der Waals surface area contributed by atoms with Gasteiger partial charge in [0.25, 0.3) is 0 Å². The smallest absolute Gasteiger partial charge is 0.446 e. The normalized spacial score (nSPS) is 19.5. The topological polar surface area (TPSA) is 29.5 Å². The zero-order valence-corrected chi connectivity index (χ0v) is 11.6. The number of alkyl halides is 3. The van der Waals surface area contributed by atoms with Crippen LogP contribution in [0.5, 0.6) is 0 Å². The van der Waals surface area contributed by atoms with E-state index >= 15 is 0 Å². The van der Waals surface area contributed by atoms with E-state index in [4.69, 9.17) is 0 Å². The number of methoxy groups -OCH3 is 1. The van der Waals surface area contributed by atoms with E-state index in [1.807, 2.05) is 4.90 Å². The molecule has 1 aliphatic rings. The molecular formula is C13H14F3NO2S. The predicted octanol–water partition coefficient (Wildman–Crippen LogP) is 3.05. The van der Waals surface area contributed by atoms with Crippen LogP contribution >= 0.6 is 11.8 Å². The third-order valence-corrected chi connectivity index (χ3v) is 3.84. The summed E-state index contributed by atoms with van der Waals surface area (Å²) in [5, 5.41) is 0. The van der Waals surface area contributed by atoms with Crippen molar-refractivity contribution in [2.24, 2.45) is 0 Å². The van der Waals surface area contributed by atoms with Gasteiger partial charge in [-0.1, -0.05) is 12.1 Å². The fraction of sp³-hybridized carbons (Fsp3) is 0.462. The van der Waals surface area contributed by atoms with Crippen LogP contribution in [0.3, 0.4) is 0 Å². The molecule has 110 valence electrons. The van der Waals surface area contributed by atoms with Gasteiger partial charge in [-0.2, -0.15) is 13.2 Å². The highest BCUT2D eigenvalue weighted by Gasteiger charge is 2.35. The lowest BCUT2D eigenvalue weighted by atomic mass is 10.0. The van der Waals surface area contributed by atoms with Crippen LogP contribution in [-0.4, -0.2) is 36.1 Å². The Hall–Kier alpha value is -1.21. The molecule has 2 rings (SSSR count). The van der Waals surface area contributed by atoms with E-state index < -0.39 is 5.51 Å². The zero-order valence-electron chi connectivity index (χ0n) is 10.8. The molecule has 0 N–H and O–H groups in total. The van der Waals surface area contributed by atoms with E-state index in [1.54, 1.807) is 12.1 Å². The SMILES string of the molecule is COC(=O)[C@H]1CCN1Cc1cccc(SC(F)(F)F)c1. The van der Waals surface area contributed by atoms with E-state index in [9.17, 15) is 18.0 Å². The lowest BCUT2D eigenvalue weighted by molar-refractivity contribution is -0.152. The van der Waals surface area contributed by atoms with Gasteiger partial charge in [-0.05, 0) is 35.9 Å². The van der Waals surface area contributed by atoms with E-state index in [-0.39, 0.29) is 28.7 Å². The average Bonchev–Trinajstić information content (AvgIpc) is 2.33. The molecule has 3 nitrogen and oxygen atoms in total. The maximum atomic E-state index is 12.3. The van der Waals surface area contributed by atoms with Gasteiger partial charge in [0.2, 0.25) is 0 Å². The molecule has 0 amide bonds. The minimum Gasteiger partial charge on any atom is -0.468 e. The summed E-state index contributed by atoms with van der Waals surface area (Å²) < 4.78 is 41.6. The molecule has 20 heavy (non-hydrogen) atoms. The Morgan fingerprint density at radius 1 is 1.50 bits per heavy atom. The summed E-state index contributed by atoms with van der Waals surface area (Å²) in [6.45, 7) is 1.20. The van der Waals surface area contributed by atoms with Crippen molar-refractivity contribution in [3.05, 3.63) is 29.8 Å². The minimum atomic E-state index is -4.29. The summed E-state index contributed by atoms with van der Waals surface area (Å²) in [7, 11) is 1.33. The number of thioether (sulfide) groups is 1. The summed E-state index contributed by atoms with van der Waals surface area (Å²) in [5.41, 5.74) is -3.53. The average molecular weight is 305 g/mol. The van der Waals surface area contributed by atoms with Crippen LogP contribution in [0.15, 0.2) is 29.2 Å². The number of carbonyl (C=O) groups is 1. The lowest BCUT2D eigenvalue weighted by Crippen LogP contribution is -2.52. The number of carbonyl (C=O) groups excluding carboxylic acids is 1. The van der Waals surface area contributed by atoms with Crippen LogP contribution in [0.25, 0.3) is 0 Å². The van der Waals surface area contributed by atoms with Gasteiger partial charge in [0.1, 0.15) is 6.04 Å². The molecule has 0 saturated carbocycles. The number of benzene rings is 1. The standard InChI is InChI=1S/C13H14F3NO2S/c1-19-12(18)11-5-6-17(11)8-9-3-2-4-10(7-9)20-13(14,15)16/h2-4,7,11H,5-6,8H2,1H3/t11-/m1/s1. The van der Waals surface area contributed by atoms with Gasteiger partial charge in [0.15, 0.2) is 0 Å². The van der Waals surface area contributed by atoms with Crippen molar-refractivity contribution in [1.82, 2.24) is 4.90 Å². The Balaban J connectivity index is 2.00. The van der Waals surface area contributed by atoms with E-state index in [0.29, 0.717) is 6.54 Å². The summed E-state index contributed by atoms with van der Waals surface area (Å²) in [4.78, 5) is 13.5. The Morgan fingerprint density at radius 3 is 2.80 bits per heavy atom. The van der Waals surface area contributed by atoms with E-state index in [2.05, 4.69) is 4.74 Å². The molecule has 1 aromatic carbocycles. The van der Waals surface area contributed by atoms with E-state index in [1.165, 1.54) is 19.2 Å². The number of hydrogen-bond acceptors (Lipinski definition) is 4. The van der Waals surface area contributed by atoms with Crippen molar-refractivity contribution in [3.8, 4) is 0 Å². The fourth-order valence-electron chi connectivity index (χ4n) is 2.11. The molecule has 7 heteroatoms. The highest BCUT2D eigenvalue weighted by molar-refractivity contribution is 8.00. The van der Waals surface area contributed by atoms with Gasteiger partial charge < -0.3 is 4.74 Å². The number of likely N-dealkylation sites (tertiary alicyclic amines) is 1. The fourth-order valence-corrected chi connectivity index (χ4v) is 2.73. The molecule has 1 heterocycles. The molecule has 1 aliphatic heterocycles. The first-order valence-corrected chi connectivity index (χ1v) is 6.87. The third-order valence-electron chi connectivity index (χ3n) is 3.12. The first-order chi connectivity index (χ1) is 9.39. The van der Waals surface area contributed by atoms with Gasteiger partial charge in [-0.15, -0.1) is 0 Å². The maximum Gasteiger partial charge on any atom is 0.446 e. The molecule has 0 radical (unpaired) electrons. The second kappa shape index (κ2) is 6.05. The summed E-state index contributed by atoms with van der Waals surface area (Å²) in [6.07, 6.45) is 0.726. The van der Waals surface area contributed by atoms with Crippen LogP contribution in [0.4, 0.5) is 13.2 Å². The van der Waals surface area contributed by atoms with Gasteiger partial charge in [-0.3, -0.25) is 9.69 Å². The van der Waals surface area contributed by atoms with Gasteiger partial charge in [-0.25, -0.2) is 0 Å². The molecule has 1 aromatic rings. The van der Waals surface area contributed by atoms with Crippen LogP contribution in [0.2, 0.25) is 0 Å². The van der Waals surface area contributed by atoms with Crippen molar-refractivity contribution in [3.63, 3.8) is 0 Å². The monoisotopic (exact) mass is 305 g/mol. The lowest BCUT2D eigenvalue weighted by Gasteiger charge is -2.38. The van der Waals surface area contributed by atoms with Gasteiger partial charge >= 0.3 is 11.5 Å². The second-order valence-electron chi connectivity index (χ2n) is 4.49.